The fraction of sp³-hybridized carbons (Fsp3) is 0.840. The van der Waals surface area contributed by atoms with E-state index < -0.39 is 130 Å². The molecule has 66 heavy (non-hydrogen) atoms. The zero-order chi connectivity index (χ0) is 49.7. The average molecular weight is 937 g/mol. The maximum absolute atomic E-state index is 16.0. The van der Waals surface area contributed by atoms with E-state index in [1.807, 2.05) is 32.6 Å². The number of hydrogen-bond acceptors (Lipinski definition) is 15. The summed E-state index contributed by atoms with van der Waals surface area (Å²) in [6.07, 6.45) is -2.22. The Hall–Kier alpha value is -2.67. The summed E-state index contributed by atoms with van der Waals surface area (Å²) in [5.41, 5.74) is -7.74. The van der Waals surface area contributed by atoms with Crippen LogP contribution in [0.15, 0.2) is 23.8 Å². The number of ketones is 2. The Labute approximate surface area is 390 Å². The molecule has 0 radical (unpaired) electrons. The van der Waals surface area contributed by atoms with E-state index in [1.165, 1.54) is 32.9 Å². The average Bonchev–Trinajstić information content (AvgIpc) is 3.46. The molecule has 0 aromatic carbocycles. The minimum absolute atomic E-state index is 0.0484. The number of aliphatic hydroxyl groups is 7. The van der Waals surface area contributed by atoms with Gasteiger partial charge < -0.3 is 50.5 Å². The van der Waals surface area contributed by atoms with Crippen molar-refractivity contribution in [3.8, 4) is 0 Å². The smallest absolute Gasteiger partial charge is 0.311 e. The van der Waals surface area contributed by atoms with Gasteiger partial charge in [-0.05, 0) is 114 Å². The molecule has 5 rings (SSSR count). The van der Waals surface area contributed by atoms with Gasteiger partial charge in [-0.1, -0.05) is 54.5 Å². The first-order valence-electron chi connectivity index (χ1n) is 24.2. The second kappa shape index (κ2) is 20.0. The summed E-state index contributed by atoms with van der Waals surface area (Å²) in [4.78, 5) is 55.3. The lowest BCUT2D eigenvalue weighted by Crippen LogP contribution is -2.65. The normalized spacial score (nSPS) is 45.6. The van der Waals surface area contributed by atoms with E-state index in [4.69, 9.17) is 9.47 Å². The van der Waals surface area contributed by atoms with Crippen molar-refractivity contribution in [2.45, 2.75) is 181 Å². The second-order valence-corrected chi connectivity index (χ2v) is 22.6. The van der Waals surface area contributed by atoms with Gasteiger partial charge in [-0.15, -0.1) is 0 Å². The SMILES string of the molecule is CC[C@H]1OC(=O)[C@H](C)[C@@H](O)[C@H](C)[C@@H](O)[C@](C)(O)CC(C)(C)CN(CCCNCCC(=O)O[C@]2(C(=O)CO)[C@H](C)CC3C4C[C@H](F)C5=CC(=O)C=C[C@]5(C)C4[C@@H](O)C[C@@]32C)[C@H](C)[C@@H](O)[C@]1(C)O. The first-order chi connectivity index (χ1) is 30.5. The third-order valence-corrected chi connectivity index (χ3v) is 17.1. The molecule has 3 unspecified atom stereocenters. The van der Waals surface area contributed by atoms with Crippen LogP contribution in [0.4, 0.5) is 4.39 Å². The van der Waals surface area contributed by atoms with E-state index in [1.54, 1.807) is 33.8 Å². The summed E-state index contributed by atoms with van der Waals surface area (Å²) >= 11 is 0. The number of halogens is 1. The molecule has 0 amide bonds. The minimum atomic E-state index is -1.91. The highest BCUT2D eigenvalue weighted by atomic mass is 19.1. The van der Waals surface area contributed by atoms with Gasteiger partial charge in [0.05, 0.1) is 36.3 Å². The molecule has 0 bridgehead atoms. The van der Waals surface area contributed by atoms with Crippen LogP contribution in [-0.4, -0.2) is 156 Å². The van der Waals surface area contributed by atoms with Crippen LogP contribution < -0.4 is 5.32 Å². The highest BCUT2D eigenvalue weighted by Gasteiger charge is 2.73. The largest absolute Gasteiger partial charge is 0.459 e. The molecular formula is C50H81FN2O13. The number of hydrogen-bond donors (Lipinski definition) is 8. The van der Waals surface area contributed by atoms with Crippen molar-refractivity contribution >= 4 is 23.5 Å². The summed E-state index contributed by atoms with van der Waals surface area (Å²) in [6, 6.07) is -0.703. The molecule has 15 nitrogen and oxygen atoms in total. The van der Waals surface area contributed by atoms with E-state index in [-0.39, 0.29) is 50.4 Å². The summed E-state index contributed by atoms with van der Waals surface area (Å²) in [6.45, 7) is 19.0. The molecule has 0 aromatic rings. The molecule has 0 spiro atoms. The van der Waals surface area contributed by atoms with Crippen molar-refractivity contribution in [2.24, 2.45) is 51.8 Å². The number of nitrogens with one attached hydrogen (secondary N) is 1. The number of alkyl halides is 1. The van der Waals surface area contributed by atoms with Crippen LogP contribution in [0.2, 0.25) is 0 Å². The number of nitrogens with zero attached hydrogens (tertiary/aromatic N) is 1. The van der Waals surface area contributed by atoms with Crippen molar-refractivity contribution in [3.05, 3.63) is 23.8 Å². The molecule has 0 aromatic heterocycles. The van der Waals surface area contributed by atoms with Crippen molar-refractivity contribution in [1.29, 1.82) is 0 Å². The first kappa shape index (κ1) is 54.3. The van der Waals surface area contributed by atoms with Crippen LogP contribution in [0.1, 0.15) is 121 Å². The highest BCUT2D eigenvalue weighted by Crippen LogP contribution is 2.69. The first-order valence-corrected chi connectivity index (χ1v) is 24.2. The third kappa shape index (κ3) is 9.88. The molecule has 5 aliphatic rings. The molecule has 3 saturated carbocycles. The van der Waals surface area contributed by atoms with Gasteiger partial charge in [-0.25, -0.2) is 4.39 Å². The molecular weight excluding hydrogens is 856 g/mol. The van der Waals surface area contributed by atoms with Gasteiger partial charge in [0.15, 0.2) is 11.4 Å². The monoisotopic (exact) mass is 937 g/mol. The predicted octanol–water partition coefficient (Wildman–Crippen LogP) is 2.97. The zero-order valence-electron chi connectivity index (χ0n) is 41.1. The van der Waals surface area contributed by atoms with E-state index in [2.05, 4.69) is 5.32 Å². The molecule has 18 atom stereocenters. The molecule has 1 aliphatic heterocycles. The van der Waals surface area contributed by atoms with Gasteiger partial charge in [0.2, 0.25) is 5.78 Å². The lowest BCUT2D eigenvalue weighted by molar-refractivity contribution is -0.206. The Morgan fingerprint density at radius 3 is 2.24 bits per heavy atom. The van der Waals surface area contributed by atoms with Crippen LogP contribution in [-0.2, 0) is 28.7 Å². The third-order valence-electron chi connectivity index (χ3n) is 17.1. The Kier molecular flexibility index (Phi) is 16.4. The second-order valence-electron chi connectivity index (χ2n) is 22.6. The van der Waals surface area contributed by atoms with Gasteiger partial charge in [-0.2, -0.15) is 0 Å². The van der Waals surface area contributed by atoms with Crippen molar-refractivity contribution in [2.75, 3.05) is 32.8 Å². The minimum Gasteiger partial charge on any atom is -0.459 e. The van der Waals surface area contributed by atoms with Crippen LogP contribution >= 0.6 is 0 Å². The molecule has 8 N–H and O–H groups in total. The van der Waals surface area contributed by atoms with Crippen LogP contribution in [0.5, 0.6) is 0 Å². The quantitative estimate of drug-likeness (QED) is 0.110. The number of esters is 2. The lowest BCUT2D eigenvalue weighted by atomic mass is 9.46. The topological polar surface area (TPSA) is 244 Å². The van der Waals surface area contributed by atoms with E-state index in [9.17, 15) is 54.9 Å². The Morgan fingerprint density at radius 2 is 1.62 bits per heavy atom. The standard InChI is InChI=1S/C50H81FN2O13/c1-12-38-49(11,64)43(61)30(5)53(26-45(6,7)25-48(10,63)42(60)28(3)41(59)29(4)44(62)65-38)19-13-17-52-18-15-39(58)66-50(37(57)24-54)27(2)20-33-32-22-35(51)34-21-31(55)14-16-46(34,8)40(32)36(56)23-47(33,50)9/h14,16,21,27-30,32-33,35-36,38,40-43,52,54,56,59-61,63-64H,12-13,15,17-20,22-26H2,1-11H3/t27-,28+,29-,30-,32?,33?,35+,36+,38-,40?,41+,42-,43-,46+,47+,48-,49-,50+/m1/s1. The Bertz CT molecular complexity index is 1850. The number of aliphatic hydroxyl groups excluding tert-OH is 5. The number of allylic oxidation sites excluding steroid dienone is 4. The lowest BCUT2D eigenvalue weighted by Gasteiger charge is -2.60. The number of Topliss-reactive ketones (excluding diaryl/α,β-unsaturated/α-hetero) is 1. The van der Waals surface area contributed by atoms with E-state index in [0.29, 0.717) is 38.0 Å². The number of carbonyl (C=O) groups is 4. The highest BCUT2D eigenvalue weighted by molar-refractivity contribution is 6.01. The maximum Gasteiger partial charge on any atom is 0.311 e. The number of carbonyl (C=O) groups excluding carboxylic acids is 4. The molecule has 4 fully saturated rings. The van der Waals surface area contributed by atoms with Crippen LogP contribution in [0.3, 0.4) is 0 Å². The van der Waals surface area contributed by atoms with Gasteiger partial charge >= 0.3 is 11.9 Å². The van der Waals surface area contributed by atoms with Crippen molar-refractivity contribution < 1.29 is 68.8 Å². The van der Waals surface area contributed by atoms with Gasteiger partial charge in [0.25, 0.3) is 0 Å². The molecule has 1 saturated heterocycles. The predicted molar refractivity (Wildman–Crippen MR) is 243 cm³/mol. The van der Waals surface area contributed by atoms with Crippen molar-refractivity contribution in [1.82, 2.24) is 10.2 Å². The maximum atomic E-state index is 16.0. The summed E-state index contributed by atoms with van der Waals surface area (Å²) < 4.78 is 28.0. The molecule has 376 valence electrons. The number of fused-ring (bicyclic) bond motifs is 5. The van der Waals surface area contributed by atoms with Crippen molar-refractivity contribution in [3.63, 3.8) is 0 Å². The zero-order valence-corrected chi connectivity index (χ0v) is 41.1. The fourth-order valence-corrected chi connectivity index (χ4v) is 13.8. The van der Waals surface area contributed by atoms with E-state index in [0.717, 1.165) is 0 Å². The van der Waals surface area contributed by atoms with Crippen LogP contribution in [0.25, 0.3) is 0 Å². The number of cyclic esters (lactones) is 1. The fourth-order valence-electron chi connectivity index (χ4n) is 13.8. The molecule has 4 aliphatic carbocycles. The van der Waals surface area contributed by atoms with E-state index >= 15 is 4.39 Å². The van der Waals surface area contributed by atoms with Crippen LogP contribution in [0, 0.1) is 51.8 Å². The Morgan fingerprint density at radius 1 is 0.970 bits per heavy atom. The molecule has 16 heteroatoms. The Balaban J connectivity index is 1.28. The summed E-state index contributed by atoms with van der Waals surface area (Å²) in [7, 11) is 0. The van der Waals surface area contributed by atoms with Gasteiger partial charge in [0, 0.05) is 47.7 Å². The van der Waals surface area contributed by atoms with Gasteiger partial charge in [0.1, 0.15) is 30.6 Å². The number of rotatable bonds is 11. The summed E-state index contributed by atoms with van der Waals surface area (Å²) in [5.74, 6) is -6.19. The number of ether oxygens (including phenoxy) is 2. The van der Waals surface area contributed by atoms with Gasteiger partial charge in [-0.3, -0.25) is 24.1 Å². The molecule has 1 heterocycles. The summed E-state index contributed by atoms with van der Waals surface area (Å²) in [5, 5.41) is 83.2.